The largest absolute Gasteiger partial charge is 0.321 e. The molecule has 15 heavy (non-hydrogen) atoms. The van der Waals surface area contributed by atoms with Crippen LogP contribution in [0.15, 0.2) is 12.4 Å². The van der Waals surface area contributed by atoms with Crippen LogP contribution in [0.25, 0.3) is 0 Å². The summed E-state index contributed by atoms with van der Waals surface area (Å²) in [6.07, 6.45) is 8.80. The van der Waals surface area contributed by atoms with Crippen molar-refractivity contribution >= 4 is 0 Å². The molecule has 3 heteroatoms. The molecular formula is C12H21N3. The van der Waals surface area contributed by atoms with E-state index < -0.39 is 0 Å². The Balaban J connectivity index is 2.39. The van der Waals surface area contributed by atoms with Crippen LogP contribution in [0.3, 0.4) is 0 Å². The van der Waals surface area contributed by atoms with Gasteiger partial charge in [-0.15, -0.1) is 0 Å². The Labute approximate surface area is 91.7 Å². The molecule has 2 N–H and O–H groups in total. The number of nitrogens with two attached hydrogens (primary N) is 1. The summed E-state index contributed by atoms with van der Waals surface area (Å²) in [5.41, 5.74) is 7.79. The van der Waals surface area contributed by atoms with Crippen LogP contribution < -0.4 is 5.73 Å². The molecule has 1 saturated carbocycles. The van der Waals surface area contributed by atoms with Gasteiger partial charge < -0.3 is 5.73 Å². The van der Waals surface area contributed by atoms with Gasteiger partial charge in [-0.2, -0.15) is 5.10 Å². The zero-order chi connectivity index (χ0) is 11.1. The fourth-order valence-electron chi connectivity index (χ4n) is 2.72. The van der Waals surface area contributed by atoms with Gasteiger partial charge >= 0.3 is 0 Å². The molecule has 0 aliphatic heterocycles. The monoisotopic (exact) mass is 207 g/mol. The summed E-state index contributed by atoms with van der Waals surface area (Å²) in [7, 11) is 1.95. The summed E-state index contributed by atoms with van der Waals surface area (Å²) in [6.45, 7) is 4.55. The fourth-order valence-corrected chi connectivity index (χ4v) is 2.72. The van der Waals surface area contributed by atoms with E-state index in [-0.39, 0.29) is 11.0 Å². The van der Waals surface area contributed by atoms with E-state index in [9.17, 15) is 0 Å². The minimum atomic E-state index is -0.195. The molecule has 84 valence electrons. The highest BCUT2D eigenvalue weighted by Gasteiger charge is 2.45. The van der Waals surface area contributed by atoms with Crippen molar-refractivity contribution in [3.05, 3.63) is 18.0 Å². The third-order valence-electron chi connectivity index (χ3n) is 4.05. The molecule has 1 fully saturated rings. The highest BCUT2D eigenvalue weighted by Crippen LogP contribution is 2.48. The Morgan fingerprint density at radius 3 is 2.53 bits per heavy atom. The molecule has 0 saturated heterocycles. The number of hydrogen-bond acceptors (Lipinski definition) is 2. The smallest absolute Gasteiger partial charge is 0.0540 e. The Morgan fingerprint density at radius 1 is 1.33 bits per heavy atom. The first-order chi connectivity index (χ1) is 6.96. The first kappa shape index (κ1) is 10.7. The van der Waals surface area contributed by atoms with Gasteiger partial charge in [0.05, 0.1) is 6.20 Å². The lowest BCUT2D eigenvalue weighted by Gasteiger charge is -2.47. The summed E-state index contributed by atoms with van der Waals surface area (Å²) in [4.78, 5) is 0. The van der Waals surface area contributed by atoms with Gasteiger partial charge in [-0.3, -0.25) is 4.68 Å². The lowest BCUT2D eigenvalue weighted by molar-refractivity contribution is 0.0978. The van der Waals surface area contributed by atoms with Crippen LogP contribution in [0, 0.1) is 5.41 Å². The highest BCUT2D eigenvalue weighted by atomic mass is 15.2. The second kappa shape index (κ2) is 3.34. The molecule has 0 bridgehead atoms. The highest BCUT2D eigenvalue weighted by molar-refractivity contribution is 5.22. The van der Waals surface area contributed by atoms with E-state index in [2.05, 4.69) is 25.1 Å². The summed E-state index contributed by atoms with van der Waals surface area (Å²) < 4.78 is 1.84. The average Bonchev–Trinajstić information content (AvgIpc) is 2.58. The topological polar surface area (TPSA) is 43.8 Å². The van der Waals surface area contributed by atoms with Crippen molar-refractivity contribution in [1.29, 1.82) is 0 Å². The average molecular weight is 207 g/mol. The van der Waals surface area contributed by atoms with Gasteiger partial charge in [-0.05, 0) is 18.3 Å². The Morgan fingerprint density at radius 2 is 2.00 bits per heavy atom. The maximum Gasteiger partial charge on any atom is 0.0540 e. The standard InChI is InChI=1S/C12H21N3/c1-11(2)6-4-5-7-12(11,13)10-8-14-15(3)9-10/h8-9H,4-7,13H2,1-3H3. The van der Waals surface area contributed by atoms with Crippen LogP contribution in [0.1, 0.15) is 45.1 Å². The zero-order valence-electron chi connectivity index (χ0n) is 9.95. The van der Waals surface area contributed by atoms with Crippen LogP contribution in [-0.4, -0.2) is 9.78 Å². The third-order valence-corrected chi connectivity index (χ3v) is 4.05. The molecule has 1 aliphatic carbocycles. The van der Waals surface area contributed by atoms with E-state index in [1.807, 2.05) is 17.9 Å². The van der Waals surface area contributed by atoms with Crippen LogP contribution in [0.4, 0.5) is 0 Å². The number of nitrogens with zero attached hydrogens (tertiary/aromatic N) is 2. The maximum absolute atomic E-state index is 6.62. The lowest BCUT2D eigenvalue weighted by Crippen LogP contribution is -2.51. The van der Waals surface area contributed by atoms with Crippen LogP contribution in [-0.2, 0) is 12.6 Å². The molecular weight excluding hydrogens is 186 g/mol. The van der Waals surface area contributed by atoms with E-state index in [4.69, 9.17) is 5.73 Å². The summed E-state index contributed by atoms with van der Waals surface area (Å²) in [6, 6.07) is 0. The molecule has 0 spiro atoms. The Kier molecular flexibility index (Phi) is 2.38. The predicted molar refractivity (Wildman–Crippen MR) is 61.3 cm³/mol. The minimum absolute atomic E-state index is 0.175. The summed E-state index contributed by atoms with van der Waals surface area (Å²) in [5, 5.41) is 4.24. The van der Waals surface area contributed by atoms with Crippen molar-refractivity contribution in [3.8, 4) is 0 Å². The molecule has 3 nitrogen and oxygen atoms in total. The minimum Gasteiger partial charge on any atom is -0.321 e. The zero-order valence-corrected chi connectivity index (χ0v) is 9.95. The number of aromatic nitrogens is 2. The predicted octanol–water partition coefficient (Wildman–Crippen LogP) is 2.17. The van der Waals surface area contributed by atoms with Gasteiger partial charge in [-0.25, -0.2) is 0 Å². The Bertz CT molecular complexity index is 354. The van der Waals surface area contributed by atoms with E-state index in [1.165, 1.54) is 24.8 Å². The van der Waals surface area contributed by atoms with E-state index in [0.29, 0.717) is 0 Å². The van der Waals surface area contributed by atoms with Crippen LogP contribution in [0.5, 0.6) is 0 Å². The molecule has 1 heterocycles. The number of rotatable bonds is 1. The summed E-state index contributed by atoms with van der Waals surface area (Å²) >= 11 is 0. The SMILES string of the molecule is Cn1cc(C2(N)CCCCC2(C)C)cn1. The van der Waals surface area contributed by atoms with Gasteiger partial charge in [-0.1, -0.05) is 26.7 Å². The molecule has 0 radical (unpaired) electrons. The fraction of sp³-hybridized carbons (Fsp3) is 0.750. The van der Waals surface area contributed by atoms with Gasteiger partial charge in [0.25, 0.3) is 0 Å². The molecule has 0 amide bonds. The molecule has 2 rings (SSSR count). The van der Waals surface area contributed by atoms with Crippen molar-refractivity contribution < 1.29 is 0 Å². The van der Waals surface area contributed by atoms with Gasteiger partial charge in [0, 0.05) is 24.3 Å². The van der Waals surface area contributed by atoms with Gasteiger partial charge in [0.15, 0.2) is 0 Å². The quantitative estimate of drug-likeness (QED) is 0.767. The second-order valence-electron chi connectivity index (χ2n) is 5.47. The van der Waals surface area contributed by atoms with Crippen molar-refractivity contribution in [3.63, 3.8) is 0 Å². The lowest BCUT2D eigenvalue weighted by atomic mass is 9.61. The third kappa shape index (κ3) is 1.59. The van der Waals surface area contributed by atoms with Crippen molar-refractivity contribution in [2.75, 3.05) is 0 Å². The van der Waals surface area contributed by atoms with Crippen molar-refractivity contribution in [2.24, 2.45) is 18.2 Å². The molecule has 1 unspecified atom stereocenters. The van der Waals surface area contributed by atoms with Crippen molar-refractivity contribution in [2.45, 2.75) is 45.1 Å². The summed E-state index contributed by atoms with van der Waals surface area (Å²) in [5.74, 6) is 0. The van der Waals surface area contributed by atoms with Crippen LogP contribution >= 0.6 is 0 Å². The number of aryl methyl sites for hydroxylation is 1. The van der Waals surface area contributed by atoms with Gasteiger partial charge in [0.1, 0.15) is 0 Å². The molecule has 1 aromatic heterocycles. The first-order valence-corrected chi connectivity index (χ1v) is 5.74. The van der Waals surface area contributed by atoms with E-state index in [0.717, 1.165) is 6.42 Å². The molecule has 1 aliphatic rings. The van der Waals surface area contributed by atoms with Crippen LogP contribution in [0.2, 0.25) is 0 Å². The normalized spacial score (nSPS) is 30.4. The second-order valence-corrected chi connectivity index (χ2v) is 5.47. The van der Waals surface area contributed by atoms with Crippen molar-refractivity contribution in [1.82, 2.24) is 9.78 Å². The van der Waals surface area contributed by atoms with Gasteiger partial charge in [0.2, 0.25) is 0 Å². The van der Waals surface area contributed by atoms with E-state index >= 15 is 0 Å². The Hall–Kier alpha value is -0.830. The molecule has 0 aromatic carbocycles. The molecule has 1 atom stereocenters. The first-order valence-electron chi connectivity index (χ1n) is 5.74. The van der Waals surface area contributed by atoms with E-state index in [1.54, 1.807) is 0 Å². The maximum atomic E-state index is 6.62. The number of hydrogen-bond donors (Lipinski definition) is 1. The molecule has 1 aromatic rings.